The molecule has 2 aromatic carbocycles. The lowest BCUT2D eigenvalue weighted by molar-refractivity contribution is 0.0525. The summed E-state index contributed by atoms with van der Waals surface area (Å²) in [4.78, 5) is 17.7. The third-order valence-electron chi connectivity index (χ3n) is 5.07. The monoisotopic (exact) mass is 441 g/mol. The number of pyridine rings is 1. The molecule has 1 heterocycles. The van der Waals surface area contributed by atoms with Gasteiger partial charge in [0.1, 0.15) is 0 Å². The van der Waals surface area contributed by atoms with Crippen molar-refractivity contribution >= 4 is 16.9 Å². The third-order valence-corrected chi connectivity index (χ3v) is 5.07. The molecule has 170 valence electrons. The van der Waals surface area contributed by atoms with Crippen LogP contribution in [0.25, 0.3) is 22.0 Å². The number of aliphatic hydroxyl groups excluding tert-OH is 1. The SMILES string of the molecule is CCOC(=O)c1c(CCO)nc2cc(OC)c(OC)cc2c1-c1ccc(OC)c(OC)c1. The van der Waals surface area contributed by atoms with Gasteiger partial charge in [0.05, 0.1) is 51.8 Å². The summed E-state index contributed by atoms with van der Waals surface area (Å²) in [5.41, 5.74) is 2.59. The average molecular weight is 441 g/mol. The molecule has 0 unspecified atom stereocenters. The largest absolute Gasteiger partial charge is 0.493 e. The number of benzene rings is 2. The van der Waals surface area contributed by atoms with Crippen LogP contribution in [0.5, 0.6) is 23.0 Å². The van der Waals surface area contributed by atoms with Crippen LogP contribution in [-0.4, -0.2) is 57.7 Å². The number of esters is 1. The van der Waals surface area contributed by atoms with Crippen LogP contribution in [-0.2, 0) is 11.2 Å². The Morgan fingerprint density at radius 1 is 0.906 bits per heavy atom. The minimum Gasteiger partial charge on any atom is -0.493 e. The lowest BCUT2D eigenvalue weighted by Crippen LogP contribution is -2.14. The summed E-state index contributed by atoms with van der Waals surface area (Å²) in [7, 11) is 6.18. The molecule has 32 heavy (non-hydrogen) atoms. The Bertz CT molecular complexity index is 1130. The van der Waals surface area contributed by atoms with Gasteiger partial charge in [-0.3, -0.25) is 4.98 Å². The molecule has 8 heteroatoms. The first-order valence-electron chi connectivity index (χ1n) is 10.1. The molecule has 0 bridgehead atoms. The van der Waals surface area contributed by atoms with Crippen LogP contribution in [0.1, 0.15) is 23.0 Å². The van der Waals surface area contributed by atoms with Crippen molar-refractivity contribution in [3.8, 4) is 34.1 Å². The van der Waals surface area contributed by atoms with E-state index in [1.165, 1.54) is 0 Å². The van der Waals surface area contributed by atoms with Crippen molar-refractivity contribution in [3.63, 3.8) is 0 Å². The first-order chi connectivity index (χ1) is 15.5. The number of aliphatic hydroxyl groups is 1. The fourth-order valence-electron chi connectivity index (χ4n) is 3.64. The smallest absolute Gasteiger partial charge is 0.340 e. The highest BCUT2D eigenvalue weighted by Crippen LogP contribution is 2.41. The van der Waals surface area contributed by atoms with Crippen molar-refractivity contribution in [3.05, 3.63) is 41.6 Å². The number of fused-ring (bicyclic) bond motifs is 1. The molecule has 0 amide bonds. The molecule has 0 fully saturated rings. The zero-order valence-electron chi connectivity index (χ0n) is 18.9. The maximum absolute atomic E-state index is 13.1. The second kappa shape index (κ2) is 10.2. The summed E-state index contributed by atoms with van der Waals surface area (Å²) in [6.07, 6.45) is 0.179. The van der Waals surface area contributed by atoms with Crippen LogP contribution >= 0.6 is 0 Å². The van der Waals surface area contributed by atoms with E-state index in [0.29, 0.717) is 50.7 Å². The van der Waals surface area contributed by atoms with E-state index in [2.05, 4.69) is 4.98 Å². The standard InChI is InChI=1S/C24H27NO7/c1-6-32-24(27)23-16(9-10-26)25-17-13-21(31-5)20(30-4)12-15(17)22(23)14-7-8-18(28-2)19(11-14)29-3/h7-8,11-13,26H,6,9-10H2,1-5H3. The van der Waals surface area contributed by atoms with Gasteiger partial charge in [-0.1, -0.05) is 6.07 Å². The summed E-state index contributed by atoms with van der Waals surface area (Å²) in [6, 6.07) is 8.91. The van der Waals surface area contributed by atoms with Crippen molar-refractivity contribution in [1.29, 1.82) is 0 Å². The quantitative estimate of drug-likeness (QED) is 0.503. The minimum absolute atomic E-state index is 0.177. The van der Waals surface area contributed by atoms with Gasteiger partial charge in [0.25, 0.3) is 0 Å². The Hall–Kier alpha value is -3.52. The van der Waals surface area contributed by atoms with Crippen LogP contribution in [0.4, 0.5) is 0 Å². The fraction of sp³-hybridized carbons (Fsp3) is 0.333. The van der Waals surface area contributed by atoms with Gasteiger partial charge in [0, 0.05) is 30.0 Å². The van der Waals surface area contributed by atoms with Crippen molar-refractivity contribution in [1.82, 2.24) is 4.98 Å². The normalized spacial score (nSPS) is 10.7. The van der Waals surface area contributed by atoms with Gasteiger partial charge in [-0.25, -0.2) is 4.79 Å². The van der Waals surface area contributed by atoms with Crippen LogP contribution in [0.3, 0.4) is 0 Å². The lowest BCUT2D eigenvalue weighted by atomic mass is 9.92. The highest BCUT2D eigenvalue weighted by molar-refractivity contribution is 6.08. The number of carbonyl (C=O) groups excluding carboxylic acids is 1. The summed E-state index contributed by atoms with van der Waals surface area (Å²) < 4.78 is 27.1. The second-order valence-corrected chi connectivity index (χ2v) is 6.80. The minimum atomic E-state index is -0.523. The number of hydrogen-bond donors (Lipinski definition) is 1. The zero-order valence-corrected chi connectivity index (χ0v) is 18.9. The van der Waals surface area contributed by atoms with Gasteiger partial charge in [-0.15, -0.1) is 0 Å². The van der Waals surface area contributed by atoms with E-state index in [0.717, 1.165) is 0 Å². The molecule has 0 aliphatic carbocycles. The maximum atomic E-state index is 13.1. The van der Waals surface area contributed by atoms with Crippen LogP contribution < -0.4 is 18.9 Å². The first kappa shape index (κ1) is 23.1. The molecule has 0 aliphatic rings. The molecule has 3 aromatic rings. The topological polar surface area (TPSA) is 96.3 Å². The number of ether oxygens (including phenoxy) is 5. The molecule has 0 aliphatic heterocycles. The van der Waals surface area contributed by atoms with Crippen molar-refractivity contribution < 1.29 is 33.6 Å². The van der Waals surface area contributed by atoms with Gasteiger partial charge in [0.2, 0.25) is 0 Å². The second-order valence-electron chi connectivity index (χ2n) is 6.80. The predicted molar refractivity (Wildman–Crippen MR) is 120 cm³/mol. The fourth-order valence-corrected chi connectivity index (χ4v) is 3.64. The van der Waals surface area contributed by atoms with E-state index in [4.69, 9.17) is 23.7 Å². The van der Waals surface area contributed by atoms with Gasteiger partial charge in [0.15, 0.2) is 23.0 Å². The molecule has 1 aromatic heterocycles. The Morgan fingerprint density at radius 3 is 2.12 bits per heavy atom. The summed E-state index contributed by atoms with van der Waals surface area (Å²) in [5.74, 6) is 1.54. The number of aromatic nitrogens is 1. The van der Waals surface area contributed by atoms with Gasteiger partial charge >= 0.3 is 5.97 Å². The third kappa shape index (κ3) is 4.27. The van der Waals surface area contributed by atoms with E-state index in [1.807, 2.05) is 6.07 Å². The molecule has 1 N–H and O–H groups in total. The molecule has 3 rings (SSSR count). The number of nitrogens with zero attached hydrogens (tertiary/aromatic N) is 1. The van der Waals surface area contributed by atoms with Crippen molar-refractivity contribution in [2.75, 3.05) is 41.7 Å². The number of hydrogen-bond acceptors (Lipinski definition) is 8. The highest BCUT2D eigenvalue weighted by Gasteiger charge is 2.25. The zero-order chi connectivity index (χ0) is 23.3. The molecular formula is C24H27NO7. The highest BCUT2D eigenvalue weighted by atomic mass is 16.5. The first-order valence-corrected chi connectivity index (χ1v) is 10.1. The van der Waals surface area contributed by atoms with Crippen LogP contribution in [0.15, 0.2) is 30.3 Å². The van der Waals surface area contributed by atoms with Crippen LogP contribution in [0, 0.1) is 0 Å². The molecule has 0 saturated heterocycles. The Labute approximate surface area is 186 Å². The Balaban J connectivity index is 2.47. The number of methoxy groups -OCH3 is 4. The molecular weight excluding hydrogens is 414 g/mol. The van der Waals surface area contributed by atoms with E-state index in [1.54, 1.807) is 59.6 Å². The van der Waals surface area contributed by atoms with Gasteiger partial charge < -0.3 is 28.8 Å². The maximum Gasteiger partial charge on any atom is 0.340 e. The van der Waals surface area contributed by atoms with Crippen molar-refractivity contribution in [2.45, 2.75) is 13.3 Å². The summed E-state index contributed by atoms with van der Waals surface area (Å²) in [6.45, 7) is 1.76. The summed E-state index contributed by atoms with van der Waals surface area (Å²) >= 11 is 0. The van der Waals surface area contributed by atoms with E-state index < -0.39 is 5.97 Å². The van der Waals surface area contributed by atoms with Gasteiger partial charge in [-0.2, -0.15) is 0 Å². The molecule has 0 atom stereocenters. The predicted octanol–water partition coefficient (Wildman–Crippen LogP) is 3.65. The van der Waals surface area contributed by atoms with E-state index in [9.17, 15) is 9.90 Å². The number of rotatable bonds is 9. The van der Waals surface area contributed by atoms with Crippen LogP contribution in [0.2, 0.25) is 0 Å². The lowest BCUT2D eigenvalue weighted by Gasteiger charge is -2.19. The van der Waals surface area contributed by atoms with E-state index >= 15 is 0 Å². The summed E-state index contributed by atoms with van der Waals surface area (Å²) in [5, 5.41) is 10.3. The molecule has 0 radical (unpaired) electrons. The molecule has 0 spiro atoms. The number of carbonyl (C=O) groups is 1. The van der Waals surface area contributed by atoms with E-state index in [-0.39, 0.29) is 25.2 Å². The Morgan fingerprint density at radius 2 is 1.53 bits per heavy atom. The van der Waals surface area contributed by atoms with Gasteiger partial charge in [-0.05, 0) is 30.7 Å². The Kier molecular flexibility index (Phi) is 7.37. The van der Waals surface area contributed by atoms with Crippen molar-refractivity contribution in [2.24, 2.45) is 0 Å². The average Bonchev–Trinajstić information content (AvgIpc) is 2.82. The molecule has 8 nitrogen and oxygen atoms in total. The molecule has 0 saturated carbocycles.